The van der Waals surface area contributed by atoms with Gasteiger partial charge in [0.25, 0.3) is 0 Å². The number of aromatic nitrogens is 6. The van der Waals surface area contributed by atoms with E-state index in [1.54, 1.807) is 10.8 Å². The second kappa shape index (κ2) is 8.03. The lowest BCUT2D eigenvalue weighted by Gasteiger charge is -2.26. The highest BCUT2D eigenvalue weighted by atomic mass is 35.5. The summed E-state index contributed by atoms with van der Waals surface area (Å²) in [5.41, 5.74) is 6.32. The maximum Gasteiger partial charge on any atom is 0.230 e. The van der Waals surface area contributed by atoms with Gasteiger partial charge < -0.3 is 4.74 Å². The highest BCUT2D eigenvalue weighted by molar-refractivity contribution is 6.30. The van der Waals surface area contributed by atoms with Gasteiger partial charge in [-0.1, -0.05) is 60.1 Å². The van der Waals surface area contributed by atoms with Crippen molar-refractivity contribution < 1.29 is 4.74 Å². The van der Waals surface area contributed by atoms with Crippen molar-refractivity contribution in [1.29, 1.82) is 0 Å². The largest absolute Gasteiger partial charge is 0.420 e. The lowest BCUT2D eigenvalue weighted by atomic mass is 9.84. The molecule has 0 fully saturated rings. The van der Waals surface area contributed by atoms with E-state index in [0.29, 0.717) is 28.3 Å². The van der Waals surface area contributed by atoms with Crippen LogP contribution in [0.1, 0.15) is 28.3 Å². The van der Waals surface area contributed by atoms with Crippen molar-refractivity contribution in [2.24, 2.45) is 0 Å². The summed E-state index contributed by atoms with van der Waals surface area (Å²) in [4.78, 5) is 9.59. The maximum atomic E-state index is 6.47. The molecule has 4 heterocycles. The van der Waals surface area contributed by atoms with Gasteiger partial charge in [0.1, 0.15) is 6.33 Å². The van der Waals surface area contributed by atoms with Crippen LogP contribution in [0, 0.1) is 6.92 Å². The van der Waals surface area contributed by atoms with Crippen molar-refractivity contribution in [2.75, 3.05) is 0 Å². The molecule has 3 aromatic heterocycles. The lowest BCUT2D eigenvalue weighted by molar-refractivity contribution is 0.402. The third-order valence-corrected chi connectivity index (χ3v) is 6.71. The van der Waals surface area contributed by atoms with E-state index < -0.39 is 0 Å². The Bertz CT molecular complexity index is 1730. The molecule has 0 radical (unpaired) electrons. The summed E-state index contributed by atoms with van der Waals surface area (Å²) in [7, 11) is 0. The zero-order chi connectivity index (χ0) is 24.2. The van der Waals surface area contributed by atoms with Crippen molar-refractivity contribution >= 4 is 17.2 Å². The zero-order valence-corrected chi connectivity index (χ0v) is 20.0. The van der Waals surface area contributed by atoms with E-state index in [1.165, 1.54) is 0 Å². The number of aryl methyl sites for hydroxylation is 1. The Balaban J connectivity index is 1.48. The van der Waals surface area contributed by atoms with Crippen LogP contribution in [-0.4, -0.2) is 29.4 Å². The van der Waals surface area contributed by atoms with Crippen molar-refractivity contribution in [1.82, 2.24) is 29.4 Å². The Morgan fingerprint density at radius 3 is 2.31 bits per heavy atom. The summed E-state index contributed by atoms with van der Waals surface area (Å²) >= 11 is 6.09. The van der Waals surface area contributed by atoms with Crippen LogP contribution in [0.15, 0.2) is 91.3 Å². The maximum absolute atomic E-state index is 6.47. The SMILES string of the molecule is Cc1nn(-c2ccccc2)c2c1[C@H](c1ccccc1)c1c(ncn3nc(-c4ccc(Cl)cc4)nc13)O2. The molecule has 0 unspecified atom stereocenters. The van der Waals surface area contributed by atoms with Gasteiger partial charge >= 0.3 is 0 Å². The molecule has 1 aliphatic rings. The van der Waals surface area contributed by atoms with Gasteiger partial charge in [-0.25, -0.2) is 19.2 Å². The quantitative estimate of drug-likeness (QED) is 0.294. The van der Waals surface area contributed by atoms with E-state index in [-0.39, 0.29) is 5.92 Å². The molecule has 0 N–H and O–H groups in total. The molecular weight excluding hydrogens is 472 g/mol. The van der Waals surface area contributed by atoms with Gasteiger partial charge in [-0.2, -0.15) is 5.10 Å². The standard InChI is InChI=1S/C28H19ClN6O/c1-17-22-23(18-8-4-2-5-9-18)24-26-31-25(19-12-14-20(29)15-13-19)33-34(26)16-30-27(24)36-28(22)35(32-17)21-10-6-3-7-11-21/h2-16,23H,1H3/t23-/m0/s1. The summed E-state index contributed by atoms with van der Waals surface area (Å²) in [6.45, 7) is 2.01. The Morgan fingerprint density at radius 1 is 0.833 bits per heavy atom. The van der Waals surface area contributed by atoms with Crippen molar-refractivity contribution in [3.8, 4) is 28.8 Å². The minimum Gasteiger partial charge on any atom is -0.420 e. The molecule has 8 heteroatoms. The monoisotopic (exact) mass is 490 g/mol. The summed E-state index contributed by atoms with van der Waals surface area (Å²) < 4.78 is 10.0. The summed E-state index contributed by atoms with van der Waals surface area (Å²) in [6, 6.07) is 27.8. The summed E-state index contributed by atoms with van der Waals surface area (Å²) in [5, 5.41) is 10.2. The normalized spacial score (nSPS) is 14.3. The topological polar surface area (TPSA) is 70.1 Å². The molecule has 6 aromatic rings. The zero-order valence-electron chi connectivity index (χ0n) is 19.2. The van der Waals surface area contributed by atoms with Crippen molar-refractivity contribution in [2.45, 2.75) is 12.8 Å². The number of fused-ring (bicyclic) bond motifs is 4. The Kier molecular flexibility index (Phi) is 4.65. The van der Waals surface area contributed by atoms with Crippen LogP contribution >= 0.6 is 11.6 Å². The van der Waals surface area contributed by atoms with Gasteiger partial charge in [-0.15, -0.1) is 5.10 Å². The van der Waals surface area contributed by atoms with Gasteiger partial charge in [-0.3, -0.25) is 0 Å². The fourth-order valence-corrected chi connectivity index (χ4v) is 4.95. The highest BCUT2D eigenvalue weighted by Gasteiger charge is 2.38. The van der Waals surface area contributed by atoms with E-state index in [9.17, 15) is 0 Å². The second-order valence-electron chi connectivity index (χ2n) is 8.67. The molecule has 0 bridgehead atoms. The molecule has 1 aliphatic heterocycles. The molecule has 0 saturated heterocycles. The fraction of sp³-hybridized carbons (Fsp3) is 0.0714. The van der Waals surface area contributed by atoms with Crippen LogP contribution < -0.4 is 4.74 Å². The molecule has 0 amide bonds. The average Bonchev–Trinajstić information content (AvgIpc) is 3.50. The Hall–Kier alpha value is -4.49. The van der Waals surface area contributed by atoms with E-state index in [0.717, 1.165) is 33.6 Å². The molecule has 174 valence electrons. The molecule has 0 spiro atoms. The highest BCUT2D eigenvalue weighted by Crippen LogP contribution is 2.49. The van der Waals surface area contributed by atoms with Crippen LogP contribution in [0.3, 0.4) is 0 Å². The van der Waals surface area contributed by atoms with E-state index in [4.69, 9.17) is 31.5 Å². The second-order valence-corrected chi connectivity index (χ2v) is 9.11. The Labute approximate surface area is 211 Å². The van der Waals surface area contributed by atoms with Gasteiger partial charge in [0, 0.05) is 10.6 Å². The fourth-order valence-electron chi connectivity index (χ4n) is 4.82. The van der Waals surface area contributed by atoms with Crippen LogP contribution in [0.4, 0.5) is 0 Å². The van der Waals surface area contributed by atoms with E-state index in [2.05, 4.69) is 17.1 Å². The predicted molar refractivity (Wildman–Crippen MR) is 137 cm³/mol. The minimum atomic E-state index is -0.180. The number of ether oxygens (including phenoxy) is 1. The first-order valence-corrected chi connectivity index (χ1v) is 11.9. The first kappa shape index (κ1) is 20.8. The number of rotatable bonds is 3. The van der Waals surface area contributed by atoms with Gasteiger partial charge in [0.15, 0.2) is 11.5 Å². The van der Waals surface area contributed by atoms with Crippen molar-refractivity contribution in [3.63, 3.8) is 0 Å². The average molecular weight is 491 g/mol. The number of halogens is 1. The molecule has 1 atom stereocenters. The van der Waals surface area contributed by atoms with Crippen LogP contribution in [0.5, 0.6) is 11.8 Å². The first-order valence-electron chi connectivity index (χ1n) is 11.6. The van der Waals surface area contributed by atoms with Crippen molar-refractivity contribution in [3.05, 3.63) is 119 Å². The first-order chi connectivity index (χ1) is 17.7. The number of para-hydroxylation sites is 1. The van der Waals surface area contributed by atoms with E-state index >= 15 is 0 Å². The number of benzene rings is 3. The molecular formula is C28H19ClN6O. The summed E-state index contributed by atoms with van der Waals surface area (Å²) in [5.74, 6) is 1.57. The Morgan fingerprint density at radius 2 is 1.56 bits per heavy atom. The van der Waals surface area contributed by atoms with Crippen LogP contribution in [0.2, 0.25) is 5.02 Å². The minimum absolute atomic E-state index is 0.180. The molecule has 7 nitrogen and oxygen atoms in total. The van der Waals surface area contributed by atoms with Gasteiger partial charge in [0.2, 0.25) is 11.8 Å². The number of hydrogen-bond acceptors (Lipinski definition) is 5. The molecule has 3 aromatic carbocycles. The molecule has 0 saturated carbocycles. The third kappa shape index (κ3) is 3.21. The van der Waals surface area contributed by atoms with Crippen LogP contribution in [-0.2, 0) is 0 Å². The van der Waals surface area contributed by atoms with Gasteiger partial charge in [0.05, 0.1) is 28.4 Å². The predicted octanol–water partition coefficient (Wildman–Crippen LogP) is 6.22. The molecule has 0 aliphatic carbocycles. The summed E-state index contributed by atoms with van der Waals surface area (Å²) in [6.07, 6.45) is 1.64. The molecule has 36 heavy (non-hydrogen) atoms. The smallest absolute Gasteiger partial charge is 0.230 e. The third-order valence-electron chi connectivity index (χ3n) is 6.46. The van der Waals surface area contributed by atoms with Gasteiger partial charge in [-0.05, 0) is 48.9 Å². The van der Waals surface area contributed by atoms with Crippen LogP contribution in [0.25, 0.3) is 22.7 Å². The van der Waals surface area contributed by atoms with E-state index in [1.807, 2.05) is 84.4 Å². The number of nitrogens with zero attached hydrogens (tertiary/aromatic N) is 6. The lowest BCUT2D eigenvalue weighted by Crippen LogP contribution is -2.16. The number of hydrogen-bond donors (Lipinski definition) is 0. The molecule has 7 rings (SSSR count).